The number of hydrogen-bond acceptors (Lipinski definition) is 4. The highest BCUT2D eigenvalue weighted by Gasteiger charge is 2.33. The fourth-order valence-corrected chi connectivity index (χ4v) is 5.01. The van der Waals surface area contributed by atoms with Crippen LogP contribution in [-0.2, 0) is 26.3 Å². The van der Waals surface area contributed by atoms with Crippen molar-refractivity contribution < 1.29 is 18.0 Å². The van der Waals surface area contributed by atoms with Crippen molar-refractivity contribution in [3.8, 4) is 0 Å². The number of nitrogens with one attached hydrogen (secondary N) is 1. The molecule has 0 aliphatic heterocycles. The van der Waals surface area contributed by atoms with Crippen molar-refractivity contribution in [3.63, 3.8) is 0 Å². The zero-order valence-corrected chi connectivity index (χ0v) is 24.7. The molecule has 2 aromatic carbocycles. The fourth-order valence-electron chi connectivity index (χ4n) is 3.57. The van der Waals surface area contributed by atoms with E-state index in [9.17, 15) is 18.0 Å². The summed E-state index contributed by atoms with van der Waals surface area (Å²) in [4.78, 5) is 28.2. The molecular weight excluding hydrogens is 535 g/mol. The van der Waals surface area contributed by atoms with Gasteiger partial charge >= 0.3 is 10.2 Å². The molecule has 204 valence electrons. The third-order valence-corrected chi connectivity index (χ3v) is 8.70. The van der Waals surface area contributed by atoms with Crippen LogP contribution in [0.4, 0.5) is 5.69 Å². The first-order valence-electron chi connectivity index (χ1n) is 12.0. The molecule has 11 heteroatoms. The molecule has 0 aliphatic rings. The number of carbonyl (C=O) groups is 2. The molecule has 0 unspecified atom stereocenters. The van der Waals surface area contributed by atoms with Crippen molar-refractivity contribution >= 4 is 50.9 Å². The number of aryl methyl sites for hydroxylation is 2. The number of hydrogen-bond donors (Lipinski definition) is 1. The Hall–Kier alpha value is -2.33. The molecule has 8 nitrogen and oxygen atoms in total. The molecule has 0 fully saturated rings. The van der Waals surface area contributed by atoms with Crippen molar-refractivity contribution in [2.24, 2.45) is 0 Å². The second kappa shape index (κ2) is 13.0. The van der Waals surface area contributed by atoms with E-state index in [2.05, 4.69) is 5.32 Å². The van der Waals surface area contributed by atoms with Gasteiger partial charge in [-0.15, -0.1) is 0 Å². The minimum absolute atomic E-state index is 0.0352. The van der Waals surface area contributed by atoms with Crippen LogP contribution in [0.2, 0.25) is 10.0 Å². The van der Waals surface area contributed by atoms with Gasteiger partial charge in [-0.25, -0.2) is 4.31 Å². The maximum Gasteiger partial charge on any atom is 0.304 e. The largest absolute Gasteiger partial charge is 0.352 e. The van der Waals surface area contributed by atoms with Crippen LogP contribution in [0.3, 0.4) is 0 Å². The van der Waals surface area contributed by atoms with Gasteiger partial charge in [0.2, 0.25) is 11.8 Å². The summed E-state index contributed by atoms with van der Waals surface area (Å²) in [5, 5.41) is 3.58. The van der Waals surface area contributed by atoms with E-state index in [4.69, 9.17) is 23.2 Å². The van der Waals surface area contributed by atoms with Crippen LogP contribution in [0.1, 0.15) is 43.9 Å². The molecule has 0 saturated heterocycles. The van der Waals surface area contributed by atoms with E-state index in [0.717, 1.165) is 20.6 Å². The summed E-state index contributed by atoms with van der Waals surface area (Å²) < 4.78 is 28.8. The molecule has 0 saturated carbocycles. The van der Waals surface area contributed by atoms with Crippen molar-refractivity contribution in [1.29, 1.82) is 0 Å². The maximum absolute atomic E-state index is 13.8. The summed E-state index contributed by atoms with van der Waals surface area (Å²) >= 11 is 12.2. The number of carbonyl (C=O) groups excluding carboxylic acids is 2. The van der Waals surface area contributed by atoms with Gasteiger partial charge < -0.3 is 10.2 Å². The lowest BCUT2D eigenvalue weighted by atomic mass is 10.1. The number of benzene rings is 2. The molecule has 1 N–H and O–H groups in total. The fraction of sp³-hybridized carbons (Fsp3) is 0.462. The highest BCUT2D eigenvalue weighted by atomic mass is 35.5. The first kappa shape index (κ1) is 30.9. The number of rotatable bonds is 11. The van der Waals surface area contributed by atoms with Gasteiger partial charge in [0.15, 0.2) is 0 Å². The molecule has 0 heterocycles. The normalized spacial score (nSPS) is 13.2. The Morgan fingerprint density at radius 2 is 1.65 bits per heavy atom. The van der Waals surface area contributed by atoms with Gasteiger partial charge in [-0.2, -0.15) is 12.7 Å². The third kappa shape index (κ3) is 7.83. The Kier molecular flexibility index (Phi) is 10.8. The summed E-state index contributed by atoms with van der Waals surface area (Å²) in [6.07, 6.45) is 0.723. The Morgan fingerprint density at radius 3 is 2.22 bits per heavy atom. The molecule has 0 radical (unpaired) electrons. The molecule has 2 amide bonds. The highest BCUT2D eigenvalue weighted by molar-refractivity contribution is 7.90. The van der Waals surface area contributed by atoms with E-state index in [0.29, 0.717) is 26.9 Å². The van der Waals surface area contributed by atoms with Crippen molar-refractivity contribution in [2.75, 3.05) is 24.9 Å². The number of nitrogens with zero attached hydrogens (tertiary/aromatic N) is 3. The van der Waals surface area contributed by atoms with Crippen LogP contribution in [0, 0.1) is 13.8 Å². The average molecular weight is 572 g/mol. The molecular formula is C26H36Cl2N4O4S. The minimum Gasteiger partial charge on any atom is -0.352 e. The van der Waals surface area contributed by atoms with Gasteiger partial charge in [0.05, 0.1) is 15.7 Å². The summed E-state index contributed by atoms with van der Waals surface area (Å²) in [7, 11) is -1.21. The van der Waals surface area contributed by atoms with Crippen LogP contribution in [0.15, 0.2) is 36.4 Å². The van der Waals surface area contributed by atoms with Crippen molar-refractivity contribution in [3.05, 3.63) is 63.1 Å². The molecule has 0 bridgehead atoms. The predicted molar refractivity (Wildman–Crippen MR) is 150 cm³/mol. The third-order valence-electron chi connectivity index (χ3n) is 6.16. The van der Waals surface area contributed by atoms with E-state index in [-0.39, 0.29) is 18.5 Å². The molecule has 0 spiro atoms. The first-order chi connectivity index (χ1) is 17.2. The van der Waals surface area contributed by atoms with Gasteiger partial charge in [-0.05, 0) is 69.0 Å². The van der Waals surface area contributed by atoms with Gasteiger partial charge in [-0.1, -0.05) is 48.3 Å². The predicted octanol–water partition coefficient (Wildman–Crippen LogP) is 4.56. The molecule has 2 atom stereocenters. The van der Waals surface area contributed by atoms with Crippen LogP contribution >= 0.6 is 23.2 Å². The van der Waals surface area contributed by atoms with E-state index >= 15 is 0 Å². The maximum atomic E-state index is 13.8. The second-order valence-corrected chi connectivity index (χ2v) is 12.2. The van der Waals surface area contributed by atoms with E-state index in [1.54, 1.807) is 38.1 Å². The molecule has 0 aliphatic carbocycles. The second-order valence-electron chi connectivity index (χ2n) is 9.35. The van der Waals surface area contributed by atoms with Gasteiger partial charge in [-0.3, -0.25) is 9.59 Å². The van der Waals surface area contributed by atoms with Crippen LogP contribution in [0.5, 0.6) is 0 Å². The summed E-state index contributed by atoms with van der Waals surface area (Å²) in [5.41, 5.74) is 2.59. The minimum atomic E-state index is -4.03. The summed E-state index contributed by atoms with van der Waals surface area (Å²) in [5.74, 6) is -0.874. The summed E-state index contributed by atoms with van der Waals surface area (Å²) in [6, 6.07) is 9.41. The van der Waals surface area contributed by atoms with Gasteiger partial charge in [0, 0.05) is 26.7 Å². The number of halogens is 2. The quantitative estimate of drug-likeness (QED) is 0.429. The lowest BCUT2D eigenvalue weighted by Gasteiger charge is -2.33. The van der Waals surface area contributed by atoms with E-state index in [1.807, 2.05) is 32.9 Å². The lowest BCUT2D eigenvalue weighted by Crippen LogP contribution is -2.53. The van der Waals surface area contributed by atoms with Crippen molar-refractivity contribution in [1.82, 2.24) is 14.5 Å². The summed E-state index contributed by atoms with van der Waals surface area (Å²) in [6.45, 7) is 8.62. The molecule has 2 rings (SSSR count). The van der Waals surface area contributed by atoms with Crippen LogP contribution in [-0.4, -0.2) is 62.2 Å². The molecule has 37 heavy (non-hydrogen) atoms. The van der Waals surface area contributed by atoms with Gasteiger partial charge in [0.25, 0.3) is 0 Å². The zero-order chi connectivity index (χ0) is 28.1. The number of amides is 2. The Morgan fingerprint density at radius 1 is 1.00 bits per heavy atom. The molecule has 0 aromatic heterocycles. The van der Waals surface area contributed by atoms with E-state index in [1.165, 1.54) is 19.0 Å². The van der Waals surface area contributed by atoms with Gasteiger partial charge in [0.1, 0.15) is 12.6 Å². The zero-order valence-electron chi connectivity index (χ0n) is 22.4. The Bertz CT molecular complexity index is 1240. The average Bonchev–Trinajstić information content (AvgIpc) is 2.83. The standard InChI is InChI=1S/C26H36Cl2N4O4S/c1-8-19(4)29-26(34)20(5)31(15-21-11-12-22(27)23(28)14-21)25(33)16-32(37(35,36)30(6)7)24-13-17(2)9-10-18(24)3/h9-14,19-20H,8,15-16H2,1-7H3,(H,29,34)/t19-,20+/m0/s1. The van der Waals surface area contributed by atoms with Crippen LogP contribution in [0.25, 0.3) is 0 Å². The van der Waals surface area contributed by atoms with Crippen LogP contribution < -0.4 is 9.62 Å². The lowest BCUT2D eigenvalue weighted by molar-refractivity contribution is -0.139. The van der Waals surface area contributed by atoms with Crippen molar-refractivity contribution in [2.45, 2.75) is 59.7 Å². The van der Waals surface area contributed by atoms with E-state index < -0.39 is 28.7 Å². The Labute approximate surface area is 230 Å². The smallest absolute Gasteiger partial charge is 0.304 e. The molecule has 2 aromatic rings. The Balaban J connectivity index is 2.53. The first-order valence-corrected chi connectivity index (χ1v) is 14.2. The monoisotopic (exact) mass is 570 g/mol. The SMILES string of the molecule is CC[C@H](C)NC(=O)[C@@H](C)N(Cc1ccc(Cl)c(Cl)c1)C(=O)CN(c1cc(C)ccc1C)S(=O)(=O)N(C)C. The number of anilines is 1. The highest BCUT2D eigenvalue weighted by Crippen LogP contribution is 2.27. The topological polar surface area (TPSA) is 90.0 Å².